The lowest BCUT2D eigenvalue weighted by molar-refractivity contribution is -0.123. The monoisotopic (exact) mass is 320 g/mol. The molecule has 1 aliphatic carbocycles. The number of nitrogens with one attached hydrogen (secondary N) is 1. The van der Waals surface area contributed by atoms with Crippen molar-refractivity contribution >= 4 is 18.3 Å². The number of carbonyl (C=O) groups is 1. The third kappa shape index (κ3) is 7.48. The van der Waals surface area contributed by atoms with E-state index in [4.69, 9.17) is 10.5 Å². The summed E-state index contributed by atoms with van der Waals surface area (Å²) in [6.45, 7) is 8.52. The van der Waals surface area contributed by atoms with Gasteiger partial charge in [-0.3, -0.25) is 4.79 Å². The van der Waals surface area contributed by atoms with Gasteiger partial charge in [-0.1, -0.05) is 26.7 Å². The number of rotatable bonds is 9. The predicted molar refractivity (Wildman–Crippen MR) is 89.7 cm³/mol. The molecule has 0 aliphatic heterocycles. The molecule has 1 amide bonds. The summed E-state index contributed by atoms with van der Waals surface area (Å²) >= 11 is 0. The lowest BCUT2D eigenvalue weighted by Crippen LogP contribution is -2.45. The molecule has 1 fully saturated rings. The Morgan fingerprint density at radius 2 is 1.95 bits per heavy atom. The van der Waals surface area contributed by atoms with Crippen LogP contribution in [-0.2, 0) is 9.53 Å². The smallest absolute Gasteiger partial charge is 0.236 e. The van der Waals surface area contributed by atoms with Crippen molar-refractivity contribution in [1.29, 1.82) is 0 Å². The maximum absolute atomic E-state index is 12.0. The van der Waals surface area contributed by atoms with Gasteiger partial charge in [0.05, 0.1) is 6.04 Å². The molecule has 0 bridgehead atoms. The van der Waals surface area contributed by atoms with Gasteiger partial charge in [-0.15, -0.1) is 12.4 Å². The quantitative estimate of drug-likeness (QED) is 0.642. The van der Waals surface area contributed by atoms with Crippen LogP contribution in [0.1, 0.15) is 59.3 Å². The number of amides is 1. The van der Waals surface area contributed by atoms with E-state index in [0.29, 0.717) is 5.92 Å². The van der Waals surface area contributed by atoms with E-state index >= 15 is 0 Å². The van der Waals surface area contributed by atoms with Crippen molar-refractivity contribution in [3.63, 3.8) is 0 Å². The summed E-state index contributed by atoms with van der Waals surface area (Å²) < 4.78 is 5.49. The van der Waals surface area contributed by atoms with E-state index in [0.717, 1.165) is 32.6 Å². The number of halogens is 1. The first-order chi connectivity index (χ1) is 9.49. The minimum Gasteiger partial charge on any atom is -0.382 e. The van der Waals surface area contributed by atoms with Crippen molar-refractivity contribution < 1.29 is 9.53 Å². The molecule has 1 atom stereocenters. The second kappa shape index (κ2) is 10.4. The zero-order chi connectivity index (χ0) is 15.0. The molecule has 3 N–H and O–H groups in total. The van der Waals surface area contributed by atoms with Crippen LogP contribution in [0.25, 0.3) is 0 Å². The number of ether oxygens (including phenoxy) is 1. The van der Waals surface area contributed by atoms with E-state index in [1.807, 2.05) is 6.92 Å². The topological polar surface area (TPSA) is 64.3 Å². The minimum atomic E-state index is -0.375. The van der Waals surface area contributed by atoms with Crippen molar-refractivity contribution in [3.05, 3.63) is 0 Å². The lowest BCUT2D eigenvalue weighted by Gasteiger charge is -2.30. The summed E-state index contributed by atoms with van der Waals surface area (Å²) in [5.41, 5.74) is 6.17. The Morgan fingerprint density at radius 3 is 2.48 bits per heavy atom. The first-order valence-electron chi connectivity index (χ1n) is 8.10. The first kappa shape index (κ1) is 20.7. The summed E-state index contributed by atoms with van der Waals surface area (Å²) in [6.07, 6.45) is 6.71. The van der Waals surface area contributed by atoms with Crippen molar-refractivity contribution in [2.75, 3.05) is 19.8 Å². The van der Waals surface area contributed by atoms with Crippen LogP contribution in [0.3, 0.4) is 0 Å². The molecule has 21 heavy (non-hydrogen) atoms. The van der Waals surface area contributed by atoms with Gasteiger partial charge in [0.2, 0.25) is 5.91 Å². The number of hydrogen-bond acceptors (Lipinski definition) is 3. The van der Waals surface area contributed by atoms with Crippen molar-refractivity contribution in [2.24, 2.45) is 17.1 Å². The van der Waals surface area contributed by atoms with Crippen LogP contribution in [0.2, 0.25) is 0 Å². The average Bonchev–Trinajstić information content (AvgIpc) is 2.85. The van der Waals surface area contributed by atoms with Gasteiger partial charge in [0.25, 0.3) is 0 Å². The largest absolute Gasteiger partial charge is 0.382 e. The predicted octanol–water partition coefficient (Wildman–Crippen LogP) is 2.88. The molecular formula is C16H33ClN2O2. The molecule has 0 radical (unpaired) electrons. The van der Waals surface area contributed by atoms with Crippen LogP contribution < -0.4 is 11.1 Å². The fourth-order valence-corrected chi connectivity index (χ4v) is 3.09. The van der Waals surface area contributed by atoms with Crippen LogP contribution in [0, 0.1) is 11.3 Å². The highest BCUT2D eigenvalue weighted by atomic mass is 35.5. The SMILES string of the molecule is CCOCCC1(CNC(=O)[C@@H](N)CC(C)C)CCCC1.Cl. The number of hydrogen-bond donors (Lipinski definition) is 2. The van der Waals surface area contributed by atoms with Crippen molar-refractivity contribution in [1.82, 2.24) is 5.32 Å². The van der Waals surface area contributed by atoms with Gasteiger partial charge in [0, 0.05) is 19.8 Å². The third-order valence-corrected chi connectivity index (χ3v) is 4.34. The van der Waals surface area contributed by atoms with Gasteiger partial charge < -0.3 is 15.8 Å². The highest BCUT2D eigenvalue weighted by molar-refractivity contribution is 5.85. The molecule has 0 aromatic rings. The number of nitrogens with two attached hydrogens (primary N) is 1. The molecule has 0 saturated heterocycles. The van der Waals surface area contributed by atoms with Crippen LogP contribution in [-0.4, -0.2) is 31.7 Å². The van der Waals surface area contributed by atoms with Crippen LogP contribution >= 0.6 is 12.4 Å². The molecule has 1 saturated carbocycles. The van der Waals surface area contributed by atoms with E-state index in [-0.39, 0.29) is 29.8 Å². The van der Waals surface area contributed by atoms with Gasteiger partial charge >= 0.3 is 0 Å². The molecule has 126 valence electrons. The van der Waals surface area contributed by atoms with E-state index in [1.165, 1.54) is 25.7 Å². The molecule has 4 nitrogen and oxygen atoms in total. The number of carbonyl (C=O) groups excluding carboxylic acids is 1. The lowest BCUT2D eigenvalue weighted by atomic mass is 9.83. The molecule has 0 aromatic heterocycles. The van der Waals surface area contributed by atoms with Gasteiger partial charge in [-0.2, -0.15) is 0 Å². The zero-order valence-corrected chi connectivity index (χ0v) is 14.6. The Morgan fingerprint density at radius 1 is 1.33 bits per heavy atom. The van der Waals surface area contributed by atoms with Gasteiger partial charge in [0.1, 0.15) is 0 Å². The Kier molecular flexibility index (Phi) is 10.3. The van der Waals surface area contributed by atoms with Crippen LogP contribution in [0.4, 0.5) is 0 Å². The highest BCUT2D eigenvalue weighted by Crippen LogP contribution is 2.40. The van der Waals surface area contributed by atoms with Gasteiger partial charge in [-0.25, -0.2) is 0 Å². The van der Waals surface area contributed by atoms with Crippen molar-refractivity contribution in [3.8, 4) is 0 Å². The Bertz CT molecular complexity index is 292. The Balaban J connectivity index is 0.00000400. The molecule has 1 aliphatic rings. The minimum absolute atomic E-state index is 0. The summed E-state index contributed by atoms with van der Waals surface area (Å²) in [4.78, 5) is 12.0. The fraction of sp³-hybridized carbons (Fsp3) is 0.938. The van der Waals surface area contributed by atoms with E-state index in [9.17, 15) is 4.79 Å². The molecule has 0 aromatic carbocycles. The third-order valence-electron chi connectivity index (χ3n) is 4.34. The fourth-order valence-electron chi connectivity index (χ4n) is 3.09. The van der Waals surface area contributed by atoms with Gasteiger partial charge in [0.15, 0.2) is 0 Å². The first-order valence-corrected chi connectivity index (χ1v) is 8.10. The van der Waals surface area contributed by atoms with Crippen molar-refractivity contribution in [2.45, 2.75) is 65.3 Å². The summed E-state index contributed by atoms with van der Waals surface area (Å²) in [5, 5.41) is 3.08. The Labute approximate surface area is 136 Å². The highest BCUT2D eigenvalue weighted by Gasteiger charge is 2.34. The van der Waals surface area contributed by atoms with E-state index < -0.39 is 0 Å². The maximum atomic E-state index is 12.0. The summed E-state index contributed by atoms with van der Waals surface area (Å²) in [5.74, 6) is 0.454. The normalized spacial score (nSPS) is 18.3. The van der Waals surface area contributed by atoms with E-state index in [2.05, 4.69) is 19.2 Å². The molecule has 0 heterocycles. The second-order valence-corrected chi connectivity index (χ2v) is 6.61. The van der Waals surface area contributed by atoms with Crippen LogP contribution in [0.5, 0.6) is 0 Å². The molecule has 1 rings (SSSR count). The van der Waals surface area contributed by atoms with Crippen LogP contribution in [0.15, 0.2) is 0 Å². The Hall–Kier alpha value is -0.320. The van der Waals surface area contributed by atoms with E-state index in [1.54, 1.807) is 0 Å². The second-order valence-electron chi connectivity index (χ2n) is 6.61. The summed E-state index contributed by atoms with van der Waals surface area (Å²) in [7, 11) is 0. The molecule has 5 heteroatoms. The standard InChI is InChI=1S/C16H32N2O2.ClH/c1-4-20-10-9-16(7-5-6-8-16)12-18-15(19)14(17)11-13(2)3;/h13-14H,4-12,17H2,1-3H3,(H,18,19);1H/t14-;/m0./s1. The summed E-state index contributed by atoms with van der Waals surface area (Å²) in [6, 6.07) is -0.375. The molecule has 0 spiro atoms. The zero-order valence-electron chi connectivity index (χ0n) is 13.8. The average molecular weight is 321 g/mol. The maximum Gasteiger partial charge on any atom is 0.236 e. The van der Waals surface area contributed by atoms with Gasteiger partial charge in [-0.05, 0) is 43.9 Å². The molecular weight excluding hydrogens is 288 g/mol. The molecule has 0 unspecified atom stereocenters.